The van der Waals surface area contributed by atoms with Crippen LogP contribution in [-0.2, 0) is 20.9 Å². The number of aryl methyl sites for hydroxylation is 1. The fourth-order valence-corrected chi connectivity index (χ4v) is 1.81. The number of ether oxygens (including phenoxy) is 1. The van der Waals surface area contributed by atoms with Crippen LogP contribution in [0, 0.1) is 6.92 Å². The molecule has 0 aliphatic carbocycles. The highest BCUT2D eigenvalue weighted by Gasteiger charge is 2.20. The quantitative estimate of drug-likeness (QED) is 0.731. The van der Waals surface area contributed by atoms with Gasteiger partial charge in [-0.25, -0.2) is 9.59 Å². The molecular formula is C15H18N6O4. The van der Waals surface area contributed by atoms with Gasteiger partial charge in [0.1, 0.15) is 0 Å². The Balaban J connectivity index is 1.91. The first-order chi connectivity index (χ1) is 11.9. The third kappa shape index (κ3) is 5.09. The van der Waals surface area contributed by atoms with E-state index < -0.39 is 24.0 Å². The summed E-state index contributed by atoms with van der Waals surface area (Å²) in [6.45, 7) is 3.00. The van der Waals surface area contributed by atoms with E-state index in [-0.39, 0.29) is 6.54 Å². The Morgan fingerprint density at radius 3 is 2.56 bits per heavy atom. The monoisotopic (exact) mass is 346 g/mol. The summed E-state index contributed by atoms with van der Waals surface area (Å²) >= 11 is 0. The molecule has 0 spiro atoms. The van der Waals surface area contributed by atoms with E-state index in [2.05, 4.69) is 20.7 Å². The van der Waals surface area contributed by atoms with Gasteiger partial charge in [-0.1, -0.05) is 29.8 Å². The number of hydrogen-bond donors (Lipinski definition) is 2. The predicted octanol–water partition coefficient (Wildman–Crippen LogP) is 0.0358. The molecule has 1 aromatic heterocycles. The van der Waals surface area contributed by atoms with Crippen LogP contribution in [0.2, 0.25) is 0 Å². The van der Waals surface area contributed by atoms with Gasteiger partial charge in [-0.2, -0.15) is 4.80 Å². The van der Waals surface area contributed by atoms with E-state index in [0.717, 1.165) is 15.9 Å². The van der Waals surface area contributed by atoms with Gasteiger partial charge >= 0.3 is 12.0 Å². The van der Waals surface area contributed by atoms with Crippen molar-refractivity contribution in [2.24, 2.45) is 0 Å². The maximum atomic E-state index is 11.8. The first-order valence-electron chi connectivity index (χ1n) is 7.46. The lowest BCUT2D eigenvalue weighted by Crippen LogP contribution is -2.43. The van der Waals surface area contributed by atoms with Gasteiger partial charge in [0.15, 0.2) is 12.6 Å². The summed E-state index contributed by atoms with van der Waals surface area (Å²) in [7, 11) is 1.36. The van der Waals surface area contributed by atoms with E-state index in [1.165, 1.54) is 14.0 Å². The molecule has 2 aromatic rings. The zero-order chi connectivity index (χ0) is 18.4. The molecule has 1 aromatic carbocycles. The van der Waals surface area contributed by atoms with Crippen LogP contribution in [0.25, 0.3) is 11.4 Å². The maximum absolute atomic E-state index is 11.8. The summed E-state index contributed by atoms with van der Waals surface area (Å²) in [4.78, 5) is 35.6. The van der Waals surface area contributed by atoms with Gasteiger partial charge in [-0.15, -0.1) is 10.2 Å². The summed E-state index contributed by atoms with van der Waals surface area (Å²) in [5, 5.41) is 16.0. The Bertz CT molecular complexity index is 771. The van der Waals surface area contributed by atoms with Gasteiger partial charge in [0.05, 0.1) is 0 Å². The van der Waals surface area contributed by atoms with Gasteiger partial charge in [0.25, 0.3) is 5.91 Å². The number of urea groups is 1. The van der Waals surface area contributed by atoms with Crippen molar-refractivity contribution in [2.45, 2.75) is 26.5 Å². The Morgan fingerprint density at radius 1 is 1.24 bits per heavy atom. The molecule has 0 saturated carbocycles. The minimum Gasteiger partial charge on any atom is -0.451 e. The number of amides is 3. The van der Waals surface area contributed by atoms with Crippen LogP contribution in [0.15, 0.2) is 24.3 Å². The fraction of sp³-hybridized carbons (Fsp3) is 0.333. The number of carbonyl (C=O) groups excluding carboxylic acids is 3. The standard InChI is InChI=1S/C15H18N6O4/c1-9-4-6-11(7-5-9)13-18-20-21(19-13)8-12(22)25-10(2)14(23)17-15(24)16-3/h4-7,10H,8H2,1-3H3,(H2,16,17,23,24)/t10-/m0/s1. The van der Waals surface area contributed by atoms with Crippen LogP contribution in [-0.4, -0.2) is 51.3 Å². The minimum atomic E-state index is -1.13. The van der Waals surface area contributed by atoms with E-state index in [0.29, 0.717) is 5.82 Å². The van der Waals surface area contributed by atoms with Crippen molar-refractivity contribution in [3.63, 3.8) is 0 Å². The van der Waals surface area contributed by atoms with E-state index in [1.54, 1.807) is 0 Å². The van der Waals surface area contributed by atoms with Crippen LogP contribution in [0.3, 0.4) is 0 Å². The highest BCUT2D eigenvalue weighted by molar-refractivity contribution is 5.96. The van der Waals surface area contributed by atoms with Gasteiger partial charge in [-0.3, -0.25) is 10.1 Å². The fourth-order valence-electron chi connectivity index (χ4n) is 1.81. The van der Waals surface area contributed by atoms with Gasteiger partial charge < -0.3 is 10.1 Å². The molecule has 132 valence electrons. The summed E-state index contributed by atoms with van der Waals surface area (Å²) in [5.41, 5.74) is 1.87. The van der Waals surface area contributed by atoms with Gasteiger partial charge in [0.2, 0.25) is 5.82 Å². The molecule has 1 atom stereocenters. The van der Waals surface area contributed by atoms with E-state index in [1.807, 2.05) is 36.5 Å². The summed E-state index contributed by atoms with van der Waals surface area (Å²) < 4.78 is 4.93. The Labute approximate surface area is 143 Å². The molecule has 0 unspecified atom stereocenters. The predicted molar refractivity (Wildman–Crippen MR) is 86.1 cm³/mol. The molecule has 0 bridgehead atoms. The molecule has 0 aliphatic heterocycles. The average Bonchev–Trinajstić information content (AvgIpc) is 3.03. The second-order valence-corrected chi connectivity index (χ2v) is 5.21. The maximum Gasteiger partial charge on any atom is 0.330 e. The normalized spacial score (nSPS) is 11.5. The number of esters is 1. The molecule has 3 amide bonds. The van der Waals surface area contributed by atoms with Crippen LogP contribution >= 0.6 is 0 Å². The Hall–Kier alpha value is -3.30. The summed E-state index contributed by atoms with van der Waals surface area (Å²) in [6, 6.07) is 6.84. The highest BCUT2D eigenvalue weighted by atomic mass is 16.5. The largest absolute Gasteiger partial charge is 0.451 e. The van der Waals surface area contributed by atoms with Crippen molar-refractivity contribution in [3.8, 4) is 11.4 Å². The number of carbonyl (C=O) groups is 3. The first kappa shape index (κ1) is 18.0. The molecule has 2 rings (SSSR count). The molecule has 25 heavy (non-hydrogen) atoms. The van der Waals surface area contributed by atoms with Gasteiger partial charge in [-0.05, 0) is 19.1 Å². The Morgan fingerprint density at radius 2 is 1.92 bits per heavy atom. The zero-order valence-corrected chi connectivity index (χ0v) is 14.0. The highest BCUT2D eigenvalue weighted by Crippen LogP contribution is 2.13. The SMILES string of the molecule is CNC(=O)NC(=O)[C@H](C)OC(=O)Cn1nnc(-c2ccc(C)cc2)n1. The lowest BCUT2D eigenvalue weighted by Gasteiger charge is -2.12. The molecule has 10 nitrogen and oxygen atoms in total. The van der Waals surface area contributed by atoms with Crippen LogP contribution in [0.5, 0.6) is 0 Å². The first-order valence-corrected chi connectivity index (χ1v) is 7.46. The van der Waals surface area contributed by atoms with Crippen molar-refractivity contribution in [2.75, 3.05) is 7.05 Å². The van der Waals surface area contributed by atoms with Crippen molar-refractivity contribution in [1.29, 1.82) is 0 Å². The third-order valence-corrected chi connectivity index (χ3v) is 3.17. The van der Waals surface area contributed by atoms with Gasteiger partial charge in [0, 0.05) is 12.6 Å². The molecule has 10 heteroatoms. The number of benzene rings is 1. The van der Waals surface area contributed by atoms with Crippen LogP contribution in [0.1, 0.15) is 12.5 Å². The number of imide groups is 1. The van der Waals surface area contributed by atoms with Crippen molar-refractivity contribution in [1.82, 2.24) is 30.8 Å². The lowest BCUT2D eigenvalue weighted by atomic mass is 10.1. The topological polar surface area (TPSA) is 128 Å². The number of hydrogen-bond acceptors (Lipinski definition) is 7. The van der Waals surface area contributed by atoms with E-state index >= 15 is 0 Å². The number of nitrogens with one attached hydrogen (secondary N) is 2. The molecular weight excluding hydrogens is 328 g/mol. The second kappa shape index (κ2) is 7.99. The second-order valence-electron chi connectivity index (χ2n) is 5.21. The van der Waals surface area contributed by atoms with Crippen molar-refractivity contribution < 1.29 is 19.1 Å². The number of aromatic nitrogens is 4. The van der Waals surface area contributed by atoms with Crippen molar-refractivity contribution >= 4 is 17.9 Å². The minimum absolute atomic E-state index is 0.309. The molecule has 0 saturated heterocycles. The van der Waals surface area contributed by atoms with Crippen LogP contribution < -0.4 is 10.6 Å². The number of rotatable bonds is 5. The third-order valence-electron chi connectivity index (χ3n) is 3.17. The number of nitrogens with zero attached hydrogens (tertiary/aromatic N) is 4. The molecule has 1 heterocycles. The Kier molecular flexibility index (Phi) is 5.77. The molecule has 0 fully saturated rings. The summed E-state index contributed by atoms with van der Waals surface area (Å²) in [5.74, 6) is -1.09. The smallest absolute Gasteiger partial charge is 0.330 e. The molecule has 2 N–H and O–H groups in total. The van der Waals surface area contributed by atoms with Crippen LogP contribution in [0.4, 0.5) is 4.79 Å². The molecule has 0 aliphatic rings. The summed E-state index contributed by atoms with van der Waals surface area (Å²) in [6.07, 6.45) is -1.13. The number of tetrazole rings is 1. The lowest BCUT2D eigenvalue weighted by molar-refractivity contribution is -0.155. The van der Waals surface area contributed by atoms with E-state index in [9.17, 15) is 14.4 Å². The average molecular weight is 346 g/mol. The zero-order valence-electron chi connectivity index (χ0n) is 14.0. The van der Waals surface area contributed by atoms with E-state index in [4.69, 9.17) is 4.74 Å². The van der Waals surface area contributed by atoms with Crippen molar-refractivity contribution in [3.05, 3.63) is 29.8 Å². The molecule has 0 radical (unpaired) electrons.